The number of ether oxygens (including phenoxy) is 1. The van der Waals surface area contributed by atoms with Gasteiger partial charge in [-0.3, -0.25) is 4.79 Å². The average Bonchev–Trinajstić information content (AvgIpc) is 3.16. The van der Waals surface area contributed by atoms with E-state index in [0.717, 1.165) is 47.6 Å². The van der Waals surface area contributed by atoms with E-state index in [-0.39, 0.29) is 12.3 Å². The van der Waals surface area contributed by atoms with Gasteiger partial charge in [-0.1, -0.05) is 13.3 Å². The monoisotopic (exact) mass is 429 g/mol. The summed E-state index contributed by atoms with van der Waals surface area (Å²) < 4.78 is 5.96. The number of hydrogen-bond donors (Lipinski definition) is 4. The summed E-state index contributed by atoms with van der Waals surface area (Å²) in [7, 11) is 0. The van der Waals surface area contributed by atoms with E-state index >= 15 is 0 Å². The van der Waals surface area contributed by atoms with Gasteiger partial charge in [0.05, 0.1) is 6.61 Å². The Morgan fingerprint density at radius 1 is 1.26 bits per heavy atom. The summed E-state index contributed by atoms with van der Waals surface area (Å²) in [5.74, 6) is 0.375. The number of carboxylic acids is 1. The SMILES string of the molecule is CCCC(=O)N[C@@H](Cc1c[nH]c2ccc(OCCCCC3CCNCC3)cc12)C(=O)O. The molecule has 1 aromatic heterocycles. The van der Waals surface area contributed by atoms with Gasteiger partial charge >= 0.3 is 5.97 Å². The summed E-state index contributed by atoms with van der Waals surface area (Å²) in [5.41, 5.74) is 1.79. The highest BCUT2D eigenvalue weighted by Gasteiger charge is 2.21. The van der Waals surface area contributed by atoms with Crippen molar-refractivity contribution in [1.29, 1.82) is 0 Å². The minimum atomic E-state index is -1.03. The first kappa shape index (κ1) is 23.1. The number of fused-ring (bicyclic) bond motifs is 1. The van der Waals surface area contributed by atoms with Gasteiger partial charge in [0.2, 0.25) is 5.91 Å². The third-order valence-corrected chi connectivity index (χ3v) is 6.01. The topological polar surface area (TPSA) is 103 Å². The van der Waals surface area contributed by atoms with Crippen molar-refractivity contribution < 1.29 is 19.4 Å². The maximum absolute atomic E-state index is 11.9. The van der Waals surface area contributed by atoms with E-state index in [4.69, 9.17) is 4.74 Å². The van der Waals surface area contributed by atoms with Crippen molar-refractivity contribution in [2.75, 3.05) is 19.7 Å². The molecule has 0 radical (unpaired) electrons. The number of nitrogens with one attached hydrogen (secondary N) is 3. The van der Waals surface area contributed by atoms with E-state index in [2.05, 4.69) is 15.6 Å². The first-order chi connectivity index (χ1) is 15.1. The molecule has 1 aliphatic rings. The van der Waals surface area contributed by atoms with Crippen LogP contribution in [0.1, 0.15) is 57.4 Å². The number of rotatable bonds is 12. The lowest BCUT2D eigenvalue weighted by molar-refractivity contribution is -0.141. The molecule has 1 amide bonds. The average molecular weight is 430 g/mol. The minimum Gasteiger partial charge on any atom is -0.494 e. The Labute approximate surface area is 183 Å². The van der Waals surface area contributed by atoms with Gasteiger partial charge in [-0.15, -0.1) is 0 Å². The molecular formula is C24H35N3O4. The van der Waals surface area contributed by atoms with Crippen molar-refractivity contribution in [2.24, 2.45) is 5.92 Å². The van der Waals surface area contributed by atoms with E-state index in [0.29, 0.717) is 19.4 Å². The lowest BCUT2D eigenvalue weighted by Crippen LogP contribution is -2.42. The molecule has 3 rings (SSSR count). The van der Waals surface area contributed by atoms with Crippen molar-refractivity contribution in [2.45, 2.75) is 64.3 Å². The van der Waals surface area contributed by atoms with E-state index in [1.807, 2.05) is 31.3 Å². The molecule has 31 heavy (non-hydrogen) atoms. The smallest absolute Gasteiger partial charge is 0.326 e. The number of aromatic amines is 1. The van der Waals surface area contributed by atoms with Crippen LogP contribution in [0.25, 0.3) is 10.9 Å². The maximum atomic E-state index is 11.9. The van der Waals surface area contributed by atoms with E-state index < -0.39 is 12.0 Å². The third kappa shape index (κ3) is 6.99. The van der Waals surface area contributed by atoms with Gasteiger partial charge in [-0.05, 0) is 74.9 Å². The quantitative estimate of drug-likeness (QED) is 0.386. The lowest BCUT2D eigenvalue weighted by atomic mass is 9.93. The summed E-state index contributed by atoms with van der Waals surface area (Å²) in [6.07, 6.45) is 9.10. The molecule has 1 aromatic carbocycles. The first-order valence-electron chi connectivity index (χ1n) is 11.5. The van der Waals surface area contributed by atoms with Gasteiger partial charge < -0.3 is 25.5 Å². The molecule has 4 N–H and O–H groups in total. The van der Waals surface area contributed by atoms with Gasteiger partial charge in [-0.2, -0.15) is 0 Å². The van der Waals surface area contributed by atoms with Crippen LogP contribution in [0.5, 0.6) is 5.75 Å². The van der Waals surface area contributed by atoms with Crippen LogP contribution in [-0.4, -0.2) is 47.7 Å². The maximum Gasteiger partial charge on any atom is 0.326 e. The van der Waals surface area contributed by atoms with Crippen LogP contribution in [0.4, 0.5) is 0 Å². The molecular weight excluding hydrogens is 394 g/mol. The van der Waals surface area contributed by atoms with Crippen LogP contribution >= 0.6 is 0 Å². The largest absolute Gasteiger partial charge is 0.494 e. The van der Waals surface area contributed by atoms with Crippen LogP contribution in [0.3, 0.4) is 0 Å². The summed E-state index contributed by atoms with van der Waals surface area (Å²) in [6.45, 7) is 4.86. The van der Waals surface area contributed by atoms with Gasteiger partial charge in [-0.25, -0.2) is 4.79 Å². The molecule has 0 saturated carbocycles. The molecule has 1 saturated heterocycles. The lowest BCUT2D eigenvalue weighted by Gasteiger charge is -2.22. The summed E-state index contributed by atoms with van der Waals surface area (Å²) >= 11 is 0. The molecule has 0 bridgehead atoms. The minimum absolute atomic E-state index is 0.227. The van der Waals surface area contributed by atoms with Crippen LogP contribution in [0.15, 0.2) is 24.4 Å². The number of carbonyl (C=O) groups is 2. The number of hydrogen-bond acceptors (Lipinski definition) is 4. The van der Waals surface area contributed by atoms with Crippen molar-refractivity contribution in [3.05, 3.63) is 30.0 Å². The Kier molecular flexibility index (Phi) is 8.76. The molecule has 170 valence electrons. The molecule has 2 heterocycles. The highest BCUT2D eigenvalue weighted by Crippen LogP contribution is 2.25. The van der Waals surface area contributed by atoms with Crippen LogP contribution in [0, 0.1) is 5.92 Å². The number of amides is 1. The Bertz CT molecular complexity index is 858. The first-order valence-corrected chi connectivity index (χ1v) is 11.5. The highest BCUT2D eigenvalue weighted by molar-refractivity contribution is 5.87. The number of aromatic nitrogens is 1. The van der Waals surface area contributed by atoms with E-state index in [1.54, 1.807) is 0 Å². The molecule has 1 atom stereocenters. The normalized spacial score (nSPS) is 15.6. The van der Waals surface area contributed by atoms with Crippen molar-refractivity contribution in [3.63, 3.8) is 0 Å². The Morgan fingerprint density at radius 3 is 2.81 bits per heavy atom. The van der Waals surface area contributed by atoms with Crippen molar-refractivity contribution in [3.8, 4) is 5.75 Å². The van der Waals surface area contributed by atoms with Gasteiger partial charge in [0, 0.05) is 29.9 Å². The summed E-state index contributed by atoms with van der Waals surface area (Å²) in [6, 6.07) is 4.90. The number of aliphatic carboxylic acids is 1. The molecule has 1 aliphatic heterocycles. The second-order valence-electron chi connectivity index (χ2n) is 8.47. The van der Waals surface area contributed by atoms with E-state index in [9.17, 15) is 14.7 Å². The predicted molar refractivity (Wildman–Crippen MR) is 121 cm³/mol. The third-order valence-electron chi connectivity index (χ3n) is 6.01. The summed E-state index contributed by atoms with van der Waals surface area (Å²) in [5, 5.41) is 16.5. The zero-order valence-electron chi connectivity index (χ0n) is 18.4. The number of benzene rings is 1. The second-order valence-corrected chi connectivity index (χ2v) is 8.47. The molecule has 0 spiro atoms. The second kappa shape index (κ2) is 11.7. The molecule has 2 aromatic rings. The number of carbonyl (C=O) groups excluding carboxylic acids is 1. The fraction of sp³-hybridized carbons (Fsp3) is 0.583. The Morgan fingerprint density at radius 2 is 2.06 bits per heavy atom. The standard InChI is InChI=1S/C24H35N3O4/c1-2-5-23(28)27-22(24(29)30)14-18-16-26-21-8-7-19(15-20(18)21)31-13-4-3-6-17-9-11-25-12-10-17/h7-8,15-17,22,25-26H,2-6,9-14H2,1H3,(H,27,28)(H,29,30)/t22-/m0/s1. The number of carboxylic acid groups (broad SMARTS) is 1. The number of unbranched alkanes of at least 4 members (excludes halogenated alkanes) is 1. The summed E-state index contributed by atoms with van der Waals surface area (Å²) in [4.78, 5) is 26.7. The molecule has 1 fully saturated rings. The zero-order chi connectivity index (χ0) is 22.1. The van der Waals surface area contributed by atoms with Gasteiger partial charge in [0.1, 0.15) is 11.8 Å². The highest BCUT2D eigenvalue weighted by atomic mass is 16.5. The van der Waals surface area contributed by atoms with Crippen LogP contribution < -0.4 is 15.4 Å². The number of H-pyrrole nitrogens is 1. The van der Waals surface area contributed by atoms with Gasteiger partial charge in [0.25, 0.3) is 0 Å². The molecule has 7 heteroatoms. The molecule has 0 aliphatic carbocycles. The Balaban J connectivity index is 1.54. The van der Waals surface area contributed by atoms with Crippen molar-refractivity contribution >= 4 is 22.8 Å². The Hall–Kier alpha value is -2.54. The van der Waals surface area contributed by atoms with Crippen LogP contribution in [0.2, 0.25) is 0 Å². The van der Waals surface area contributed by atoms with E-state index in [1.165, 1.54) is 25.7 Å². The van der Waals surface area contributed by atoms with Gasteiger partial charge in [0.15, 0.2) is 0 Å². The molecule has 0 unspecified atom stereocenters. The number of piperidine rings is 1. The molecule has 7 nitrogen and oxygen atoms in total. The zero-order valence-corrected chi connectivity index (χ0v) is 18.4. The predicted octanol–water partition coefficient (Wildman–Crippen LogP) is 3.63. The fourth-order valence-electron chi connectivity index (χ4n) is 4.23. The van der Waals surface area contributed by atoms with Crippen molar-refractivity contribution in [1.82, 2.24) is 15.6 Å². The van der Waals surface area contributed by atoms with Crippen LogP contribution in [-0.2, 0) is 16.0 Å². The fourth-order valence-corrected chi connectivity index (χ4v) is 4.23.